The molecule has 0 aliphatic rings. The minimum atomic E-state index is -0.0962. The monoisotopic (exact) mass is 464 g/mol. The lowest BCUT2D eigenvalue weighted by Gasteiger charge is -2.11. The van der Waals surface area contributed by atoms with E-state index in [1.165, 1.54) is 11.8 Å². The number of ether oxygens (including phenoxy) is 1. The van der Waals surface area contributed by atoms with Crippen LogP contribution in [0, 0.1) is 13.8 Å². The zero-order valence-corrected chi connectivity index (χ0v) is 19.2. The van der Waals surface area contributed by atoms with Crippen LogP contribution in [0.4, 0.5) is 5.69 Å². The van der Waals surface area contributed by atoms with Crippen molar-refractivity contribution in [2.24, 2.45) is 0 Å². The second-order valence-electron chi connectivity index (χ2n) is 6.66. The molecule has 0 bridgehead atoms. The molecule has 3 rings (SSSR count). The zero-order valence-electron chi connectivity index (χ0n) is 16.9. The van der Waals surface area contributed by atoms with E-state index in [0.29, 0.717) is 33.3 Å². The predicted molar refractivity (Wildman–Crippen MR) is 122 cm³/mol. The average molecular weight is 465 g/mol. The van der Waals surface area contributed by atoms with E-state index in [2.05, 4.69) is 15.5 Å². The van der Waals surface area contributed by atoms with E-state index in [4.69, 9.17) is 27.9 Å². The van der Waals surface area contributed by atoms with Gasteiger partial charge >= 0.3 is 0 Å². The van der Waals surface area contributed by atoms with E-state index in [9.17, 15) is 4.79 Å². The van der Waals surface area contributed by atoms with Crippen molar-refractivity contribution in [2.75, 3.05) is 11.1 Å². The summed E-state index contributed by atoms with van der Waals surface area (Å²) in [6, 6.07) is 11.0. The second kappa shape index (κ2) is 10.2. The van der Waals surface area contributed by atoms with Crippen molar-refractivity contribution in [3.63, 3.8) is 0 Å². The molecule has 158 valence electrons. The summed E-state index contributed by atoms with van der Waals surface area (Å²) in [5, 5.41) is 13.0. The van der Waals surface area contributed by atoms with Crippen molar-refractivity contribution in [3.8, 4) is 5.75 Å². The van der Waals surface area contributed by atoms with Gasteiger partial charge in [-0.15, -0.1) is 10.2 Å². The molecule has 0 spiro atoms. The third-order valence-corrected chi connectivity index (χ3v) is 5.86. The van der Waals surface area contributed by atoms with E-state index < -0.39 is 0 Å². The van der Waals surface area contributed by atoms with Gasteiger partial charge in [0.05, 0.1) is 10.8 Å². The van der Waals surface area contributed by atoms with E-state index in [0.717, 1.165) is 16.8 Å². The van der Waals surface area contributed by atoms with Gasteiger partial charge < -0.3 is 14.6 Å². The van der Waals surface area contributed by atoms with Gasteiger partial charge in [-0.3, -0.25) is 4.79 Å². The maximum absolute atomic E-state index is 12.4. The van der Waals surface area contributed by atoms with Crippen LogP contribution >= 0.6 is 35.0 Å². The molecule has 0 aliphatic heterocycles. The van der Waals surface area contributed by atoms with E-state index >= 15 is 0 Å². The number of anilines is 1. The number of hydrogen-bond acceptors (Lipinski definition) is 5. The van der Waals surface area contributed by atoms with Crippen molar-refractivity contribution in [1.82, 2.24) is 14.8 Å². The number of benzene rings is 2. The smallest absolute Gasteiger partial charge is 0.234 e. The highest BCUT2D eigenvalue weighted by atomic mass is 35.5. The highest BCUT2D eigenvalue weighted by Gasteiger charge is 2.15. The molecule has 0 unspecified atom stereocenters. The van der Waals surface area contributed by atoms with Crippen molar-refractivity contribution in [3.05, 3.63) is 63.4 Å². The standard InChI is InChI=1S/C21H22Cl2N4O2S/c1-4-27-19(11-29-18-10-15(22)6-7-16(18)23)25-26-21(27)30-12-20(28)24-17-8-5-13(2)9-14(17)3/h5-10H,4,11-12H2,1-3H3,(H,24,28). The minimum absolute atomic E-state index is 0.0962. The summed E-state index contributed by atoms with van der Waals surface area (Å²) in [6.07, 6.45) is 0. The van der Waals surface area contributed by atoms with Crippen molar-refractivity contribution < 1.29 is 9.53 Å². The molecule has 1 amide bonds. The number of rotatable bonds is 8. The maximum Gasteiger partial charge on any atom is 0.234 e. The number of halogens is 2. The highest BCUT2D eigenvalue weighted by Crippen LogP contribution is 2.28. The fourth-order valence-corrected chi connectivity index (χ4v) is 4.01. The Balaban J connectivity index is 1.61. The Morgan fingerprint density at radius 2 is 1.97 bits per heavy atom. The summed E-state index contributed by atoms with van der Waals surface area (Å²) in [7, 11) is 0. The molecule has 0 atom stereocenters. The molecule has 1 aromatic heterocycles. The van der Waals surface area contributed by atoms with Gasteiger partial charge in [0.15, 0.2) is 11.0 Å². The van der Waals surface area contributed by atoms with E-state index in [1.54, 1.807) is 18.2 Å². The molecule has 0 saturated heterocycles. The molecule has 30 heavy (non-hydrogen) atoms. The normalized spacial score (nSPS) is 10.8. The summed E-state index contributed by atoms with van der Waals surface area (Å²) >= 11 is 13.5. The number of aryl methyl sites for hydroxylation is 2. The second-order valence-corrected chi connectivity index (χ2v) is 8.45. The molecule has 0 saturated carbocycles. The van der Waals surface area contributed by atoms with Crippen molar-refractivity contribution >= 4 is 46.6 Å². The van der Waals surface area contributed by atoms with Crippen LogP contribution in [-0.2, 0) is 17.9 Å². The van der Waals surface area contributed by atoms with Crippen LogP contribution in [-0.4, -0.2) is 26.4 Å². The molecule has 9 heteroatoms. The first-order chi connectivity index (χ1) is 14.4. The first-order valence-corrected chi connectivity index (χ1v) is 11.1. The third kappa shape index (κ3) is 5.68. The number of nitrogens with zero attached hydrogens (tertiary/aromatic N) is 3. The van der Waals surface area contributed by atoms with Crippen LogP contribution in [0.25, 0.3) is 0 Å². The van der Waals surface area contributed by atoms with Gasteiger partial charge in [0, 0.05) is 23.3 Å². The number of hydrogen-bond donors (Lipinski definition) is 1. The van der Waals surface area contributed by atoms with Gasteiger partial charge in [-0.2, -0.15) is 0 Å². The van der Waals surface area contributed by atoms with Gasteiger partial charge in [0.25, 0.3) is 0 Å². The molecule has 1 heterocycles. The van der Waals surface area contributed by atoms with Gasteiger partial charge in [0.2, 0.25) is 5.91 Å². The van der Waals surface area contributed by atoms with Crippen LogP contribution in [0.3, 0.4) is 0 Å². The van der Waals surface area contributed by atoms with Crippen molar-refractivity contribution in [2.45, 2.75) is 39.1 Å². The Labute approximate surface area is 189 Å². The highest BCUT2D eigenvalue weighted by molar-refractivity contribution is 7.99. The first kappa shape index (κ1) is 22.5. The molecule has 3 aromatic rings. The van der Waals surface area contributed by atoms with Gasteiger partial charge in [-0.05, 0) is 44.5 Å². The Morgan fingerprint density at radius 3 is 2.70 bits per heavy atom. The summed E-state index contributed by atoms with van der Waals surface area (Å²) in [5.41, 5.74) is 3.00. The molecule has 0 radical (unpaired) electrons. The SMILES string of the molecule is CCn1c(COc2cc(Cl)ccc2Cl)nnc1SCC(=O)Nc1ccc(C)cc1C. The molecule has 0 aliphatic carbocycles. The molecule has 6 nitrogen and oxygen atoms in total. The van der Waals surface area contributed by atoms with Crippen LogP contribution in [0.5, 0.6) is 5.75 Å². The number of carbonyl (C=O) groups excluding carboxylic acids is 1. The Kier molecular flexibility index (Phi) is 7.64. The number of thioether (sulfide) groups is 1. The fraction of sp³-hybridized carbons (Fsp3) is 0.286. The fourth-order valence-electron chi connectivity index (χ4n) is 2.85. The van der Waals surface area contributed by atoms with Crippen LogP contribution in [0.2, 0.25) is 10.0 Å². The van der Waals surface area contributed by atoms with Gasteiger partial charge in [-0.1, -0.05) is 52.7 Å². The molecular weight excluding hydrogens is 443 g/mol. The quantitative estimate of drug-likeness (QED) is 0.443. The maximum atomic E-state index is 12.4. The molecule has 1 N–H and O–H groups in total. The Morgan fingerprint density at radius 1 is 1.17 bits per heavy atom. The predicted octanol–water partition coefficient (Wildman–Crippen LogP) is 5.53. The Bertz CT molecular complexity index is 1060. The largest absolute Gasteiger partial charge is 0.484 e. The number of carbonyl (C=O) groups is 1. The average Bonchev–Trinajstić information content (AvgIpc) is 3.11. The lowest BCUT2D eigenvalue weighted by molar-refractivity contribution is -0.113. The first-order valence-electron chi connectivity index (χ1n) is 9.37. The minimum Gasteiger partial charge on any atom is -0.484 e. The number of nitrogens with one attached hydrogen (secondary N) is 1. The summed E-state index contributed by atoms with van der Waals surface area (Å²) in [6.45, 7) is 6.82. The summed E-state index contributed by atoms with van der Waals surface area (Å²) in [5.74, 6) is 1.26. The van der Waals surface area contributed by atoms with Crippen LogP contribution in [0.15, 0.2) is 41.6 Å². The third-order valence-electron chi connectivity index (χ3n) is 4.35. The number of aromatic nitrogens is 3. The van der Waals surface area contributed by atoms with E-state index in [1.807, 2.05) is 43.5 Å². The topological polar surface area (TPSA) is 69.0 Å². The lowest BCUT2D eigenvalue weighted by atomic mass is 10.1. The molecule has 2 aromatic carbocycles. The van der Waals surface area contributed by atoms with E-state index in [-0.39, 0.29) is 18.3 Å². The Hall–Kier alpha value is -2.22. The molecule has 0 fully saturated rings. The summed E-state index contributed by atoms with van der Waals surface area (Å²) in [4.78, 5) is 12.4. The van der Waals surface area contributed by atoms with Crippen LogP contribution < -0.4 is 10.1 Å². The number of amides is 1. The summed E-state index contributed by atoms with van der Waals surface area (Å²) < 4.78 is 7.67. The van der Waals surface area contributed by atoms with Gasteiger partial charge in [-0.25, -0.2) is 0 Å². The van der Waals surface area contributed by atoms with Gasteiger partial charge in [0.1, 0.15) is 12.4 Å². The molecular formula is C21H22Cl2N4O2S. The van der Waals surface area contributed by atoms with Crippen molar-refractivity contribution in [1.29, 1.82) is 0 Å². The van der Waals surface area contributed by atoms with Crippen LogP contribution in [0.1, 0.15) is 23.9 Å². The zero-order chi connectivity index (χ0) is 21.7. The lowest BCUT2D eigenvalue weighted by Crippen LogP contribution is -2.15.